The average molecular weight is 525 g/mol. The predicted octanol–water partition coefficient (Wildman–Crippen LogP) is 7.14. The standard InChI is InChI=1S/C22H14ClFN8OS2/c23-16-7-14(4-5-17(16)33-9-12-2-1-3-13(24)6-12)29-19-18-20(27-11-26-19)35-22(31-18)21-30-15(10-34-21)8-28-32-25/h1-7,10-11H,8-9H2,(H,26,27,29). The summed E-state index contributed by atoms with van der Waals surface area (Å²) in [5, 5.41) is 10.4. The number of halogens is 2. The van der Waals surface area contributed by atoms with Crippen LogP contribution in [0.25, 0.3) is 30.8 Å². The van der Waals surface area contributed by atoms with Gasteiger partial charge in [0.1, 0.15) is 34.8 Å². The molecule has 2 aromatic carbocycles. The molecule has 5 aromatic rings. The first-order chi connectivity index (χ1) is 17.1. The van der Waals surface area contributed by atoms with Crippen LogP contribution in [-0.4, -0.2) is 19.9 Å². The van der Waals surface area contributed by atoms with Crippen LogP contribution in [0.2, 0.25) is 5.02 Å². The summed E-state index contributed by atoms with van der Waals surface area (Å²) < 4.78 is 19.1. The molecule has 0 bridgehead atoms. The number of nitrogens with zero attached hydrogens (tertiary/aromatic N) is 7. The number of nitrogens with one attached hydrogen (secondary N) is 1. The van der Waals surface area contributed by atoms with Crippen molar-refractivity contribution in [2.75, 3.05) is 5.32 Å². The first-order valence-electron chi connectivity index (χ1n) is 10.1. The molecule has 0 unspecified atom stereocenters. The van der Waals surface area contributed by atoms with Crippen LogP contribution in [0.3, 0.4) is 0 Å². The summed E-state index contributed by atoms with van der Waals surface area (Å²) in [5.41, 5.74) is 11.2. The Balaban J connectivity index is 1.34. The molecule has 3 heterocycles. The van der Waals surface area contributed by atoms with Crippen LogP contribution >= 0.6 is 34.3 Å². The zero-order valence-electron chi connectivity index (χ0n) is 17.7. The van der Waals surface area contributed by atoms with E-state index in [4.69, 9.17) is 21.9 Å². The highest BCUT2D eigenvalue weighted by Crippen LogP contribution is 2.35. The van der Waals surface area contributed by atoms with Gasteiger partial charge >= 0.3 is 0 Å². The molecule has 0 saturated heterocycles. The molecule has 1 N–H and O–H groups in total. The molecular formula is C22H14ClFN8OS2. The second kappa shape index (κ2) is 10.2. The Morgan fingerprint density at radius 1 is 1.14 bits per heavy atom. The maximum Gasteiger partial charge on any atom is 0.161 e. The third-order valence-electron chi connectivity index (χ3n) is 4.70. The topological polar surface area (TPSA) is 122 Å². The summed E-state index contributed by atoms with van der Waals surface area (Å²) in [7, 11) is 0. The van der Waals surface area contributed by atoms with Gasteiger partial charge in [-0.1, -0.05) is 40.2 Å². The molecule has 0 aliphatic heterocycles. The number of azide groups is 1. The Morgan fingerprint density at radius 3 is 2.89 bits per heavy atom. The van der Waals surface area contributed by atoms with E-state index < -0.39 is 0 Å². The van der Waals surface area contributed by atoms with Crippen LogP contribution < -0.4 is 10.1 Å². The van der Waals surface area contributed by atoms with Gasteiger partial charge in [-0.25, -0.2) is 24.3 Å². The highest BCUT2D eigenvalue weighted by atomic mass is 35.5. The maximum atomic E-state index is 13.4. The Kier molecular flexibility index (Phi) is 6.68. The van der Waals surface area contributed by atoms with E-state index >= 15 is 0 Å². The number of fused-ring (bicyclic) bond motifs is 1. The Labute approximate surface area is 210 Å². The first kappa shape index (κ1) is 22.9. The van der Waals surface area contributed by atoms with Crippen LogP contribution in [0.15, 0.2) is 59.3 Å². The predicted molar refractivity (Wildman–Crippen MR) is 135 cm³/mol. The molecule has 0 spiro atoms. The molecule has 0 amide bonds. The van der Waals surface area contributed by atoms with E-state index in [1.807, 2.05) is 5.38 Å². The number of hydrogen-bond acceptors (Lipinski definition) is 9. The van der Waals surface area contributed by atoms with Gasteiger partial charge in [0.15, 0.2) is 15.8 Å². The molecule has 0 radical (unpaired) electrons. The van der Waals surface area contributed by atoms with E-state index in [0.29, 0.717) is 53.9 Å². The Bertz CT molecular complexity index is 1570. The minimum Gasteiger partial charge on any atom is -0.487 e. The summed E-state index contributed by atoms with van der Waals surface area (Å²) in [6.07, 6.45) is 1.46. The quantitative estimate of drug-likeness (QED) is 0.131. The van der Waals surface area contributed by atoms with Crippen molar-refractivity contribution in [2.45, 2.75) is 13.2 Å². The molecule has 9 nitrogen and oxygen atoms in total. The zero-order chi connectivity index (χ0) is 24.2. The molecule has 5 rings (SSSR count). The van der Waals surface area contributed by atoms with E-state index in [0.717, 1.165) is 0 Å². The van der Waals surface area contributed by atoms with Gasteiger partial charge in [0, 0.05) is 16.0 Å². The van der Waals surface area contributed by atoms with Gasteiger partial charge in [-0.15, -0.1) is 11.3 Å². The Hall–Kier alpha value is -3.83. The van der Waals surface area contributed by atoms with Crippen molar-refractivity contribution in [3.05, 3.63) is 86.7 Å². The summed E-state index contributed by atoms with van der Waals surface area (Å²) in [6, 6.07) is 11.5. The van der Waals surface area contributed by atoms with Crippen LogP contribution in [0, 0.1) is 5.82 Å². The van der Waals surface area contributed by atoms with Gasteiger partial charge in [0.05, 0.1) is 17.3 Å². The number of aromatic nitrogens is 4. The number of hydrogen-bond donors (Lipinski definition) is 1. The molecule has 0 fully saturated rings. The molecule has 0 aliphatic carbocycles. The van der Waals surface area contributed by atoms with Gasteiger partial charge < -0.3 is 10.1 Å². The second-order valence-corrected chi connectivity index (χ2v) is 9.36. The van der Waals surface area contributed by atoms with E-state index in [1.165, 1.54) is 41.1 Å². The Morgan fingerprint density at radius 2 is 2.06 bits per heavy atom. The average Bonchev–Trinajstić information content (AvgIpc) is 3.50. The monoisotopic (exact) mass is 524 g/mol. The third-order valence-corrected chi connectivity index (χ3v) is 7.00. The number of ether oxygens (including phenoxy) is 1. The number of anilines is 2. The van der Waals surface area contributed by atoms with E-state index in [1.54, 1.807) is 30.3 Å². The van der Waals surface area contributed by atoms with Gasteiger partial charge in [0.25, 0.3) is 0 Å². The number of thiazole rings is 2. The first-order valence-corrected chi connectivity index (χ1v) is 12.2. The molecule has 3 aromatic heterocycles. The van der Waals surface area contributed by atoms with Crippen LogP contribution in [0.5, 0.6) is 5.75 Å². The number of benzene rings is 2. The normalized spacial score (nSPS) is 10.8. The zero-order valence-corrected chi connectivity index (χ0v) is 20.1. The molecular weight excluding hydrogens is 511 g/mol. The molecule has 0 saturated carbocycles. The highest BCUT2D eigenvalue weighted by Gasteiger charge is 2.15. The molecule has 0 aliphatic rings. The lowest BCUT2D eigenvalue weighted by Gasteiger charge is -2.11. The molecule has 35 heavy (non-hydrogen) atoms. The fraction of sp³-hybridized carbons (Fsp3) is 0.0909. The molecule has 0 atom stereocenters. The van der Waals surface area contributed by atoms with Crippen LogP contribution in [0.4, 0.5) is 15.9 Å². The van der Waals surface area contributed by atoms with Crippen molar-refractivity contribution >= 4 is 56.1 Å². The summed E-state index contributed by atoms with van der Waals surface area (Å²) >= 11 is 9.22. The maximum absolute atomic E-state index is 13.4. The van der Waals surface area contributed by atoms with Crippen molar-refractivity contribution in [2.24, 2.45) is 5.11 Å². The number of rotatable bonds is 8. The van der Waals surface area contributed by atoms with E-state index in [9.17, 15) is 4.39 Å². The van der Waals surface area contributed by atoms with Crippen molar-refractivity contribution < 1.29 is 9.13 Å². The van der Waals surface area contributed by atoms with Gasteiger partial charge in [-0.2, -0.15) is 0 Å². The fourth-order valence-corrected chi connectivity index (χ4v) is 5.13. The molecule has 174 valence electrons. The van der Waals surface area contributed by atoms with Gasteiger partial charge in [0.2, 0.25) is 0 Å². The summed E-state index contributed by atoms with van der Waals surface area (Å²) in [5.74, 6) is 0.681. The largest absolute Gasteiger partial charge is 0.487 e. The van der Waals surface area contributed by atoms with Crippen LogP contribution in [0.1, 0.15) is 11.3 Å². The lowest BCUT2D eigenvalue weighted by molar-refractivity contribution is 0.306. The minimum atomic E-state index is -0.318. The van der Waals surface area contributed by atoms with Crippen molar-refractivity contribution in [3.63, 3.8) is 0 Å². The van der Waals surface area contributed by atoms with E-state index in [-0.39, 0.29) is 19.0 Å². The van der Waals surface area contributed by atoms with Crippen molar-refractivity contribution in [1.29, 1.82) is 0 Å². The highest BCUT2D eigenvalue weighted by molar-refractivity contribution is 7.24. The smallest absolute Gasteiger partial charge is 0.161 e. The fourth-order valence-electron chi connectivity index (χ4n) is 3.14. The van der Waals surface area contributed by atoms with Crippen LogP contribution in [-0.2, 0) is 13.2 Å². The van der Waals surface area contributed by atoms with Crippen molar-refractivity contribution in [3.8, 4) is 15.8 Å². The lowest BCUT2D eigenvalue weighted by atomic mass is 10.2. The SMILES string of the molecule is [N-]=[N+]=NCc1csc(-c2nc3c(Nc4ccc(OCc5cccc(F)c5)c(Cl)c4)ncnc3s2)n1. The summed E-state index contributed by atoms with van der Waals surface area (Å²) in [4.78, 5) is 21.3. The summed E-state index contributed by atoms with van der Waals surface area (Å²) in [6.45, 7) is 0.382. The van der Waals surface area contributed by atoms with E-state index in [2.05, 4.69) is 35.3 Å². The molecule has 13 heteroatoms. The minimum absolute atomic E-state index is 0.188. The lowest BCUT2D eigenvalue weighted by Crippen LogP contribution is -1.98. The van der Waals surface area contributed by atoms with Gasteiger partial charge in [-0.05, 0) is 41.4 Å². The third kappa shape index (κ3) is 5.31. The van der Waals surface area contributed by atoms with Crippen molar-refractivity contribution in [1.82, 2.24) is 19.9 Å². The van der Waals surface area contributed by atoms with Gasteiger partial charge in [-0.3, -0.25) is 0 Å². The second-order valence-electron chi connectivity index (χ2n) is 7.12.